The summed E-state index contributed by atoms with van der Waals surface area (Å²) in [4.78, 5) is 26.8. The molecule has 0 radical (unpaired) electrons. The number of carbonyl (C=O) groups is 2. The Balaban J connectivity index is 0.000000872. The summed E-state index contributed by atoms with van der Waals surface area (Å²) < 4.78 is 0. The third kappa shape index (κ3) is 7.60. The SMILES string of the molecule is C/C=C\c1nc(-c2ccc(-c3ccc(C)cc3)cc2)c(CC)c(C(C)=O)c1C.CC(C)=O.CO. The number of aliphatic hydroxyl groups excluding tert-OH is 1. The molecule has 1 aromatic heterocycles. The number of carbonyl (C=O) groups excluding carboxylic acids is 2. The molecule has 0 aliphatic heterocycles. The number of allylic oxidation sites excluding steroid dienone is 1. The zero-order valence-electron chi connectivity index (χ0n) is 21.7. The molecule has 0 saturated heterocycles. The minimum atomic E-state index is 0.0972. The Hall–Kier alpha value is -3.37. The summed E-state index contributed by atoms with van der Waals surface area (Å²) in [5.41, 5.74) is 9.24. The highest BCUT2D eigenvalue weighted by molar-refractivity contribution is 5.99. The van der Waals surface area contributed by atoms with E-state index in [1.54, 1.807) is 6.92 Å². The molecular weight excluding hydrogens is 422 g/mol. The molecule has 3 rings (SSSR count). The first-order valence-electron chi connectivity index (χ1n) is 11.5. The Bertz CT molecular complexity index is 1120. The van der Waals surface area contributed by atoms with Gasteiger partial charge in [-0.25, -0.2) is 4.98 Å². The molecule has 0 aliphatic rings. The molecule has 0 fully saturated rings. The maximum Gasteiger partial charge on any atom is 0.160 e. The van der Waals surface area contributed by atoms with Crippen molar-refractivity contribution in [3.8, 4) is 22.4 Å². The number of aromatic nitrogens is 1. The first-order chi connectivity index (χ1) is 16.2. The molecule has 3 aromatic rings. The molecule has 0 amide bonds. The second-order valence-electron chi connectivity index (χ2n) is 8.09. The lowest BCUT2D eigenvalue weighted by Crippen LogP contribution is -2.09. The normalized spacial score (nSPS) is 10.1. The Labute approximate surface area is 204 Å². The lowest BCUT2D eigenvalue weighted by molar-refractivity contribution is -0.115. The summed E-state index contributed by atoms with van der Waals surface area (Å²) >= 11 is 0. The van der Waals surface area contributed by atoms with Crippen LogP contribution >= 0.6 is 0 Å². The van der Waals surface area contributed by atoms with Crippen LogP contribution in [0.25, 0.3) is 28.5 Å². The van der Waals surface area contributed by atoms with Crippen molar-refractivity contribution in [1.29, 1.82) is 0 Å². The topological polar surface area (TPSA) is 67.3 Å². The molecule has 4 nitrogen and oxygen atoms in total. The van der Waals surface area contributed by atoms with Crippen LogP contribution in [0.15, 0.2) is 54.6 Å². The molecular formula is C30H37NO3. The summed E-state index contributed by atoms with van der Waals surface area (Å²) in [6, 6.07) is 17.0. The van der Waals surface area contributed by atoms with E-state index < -0.39 is 0 Å². The van der Waals surface area contributed by atoms with Gasteiger partial charge in [-0.3, -0.25) is 4.79 Å². The van der Waals surface area contributed by atoms with Crippen LogP contribution in [0.5, 0.6) is 0 Å². The van der Waals surface area contributed by atoms with E-state index in [-0.39, 0.29) is 11.6 Å². The highest BCUT2D eigenvalue weighted by Gasteiger charge is 2.19. The average molecular weight is 460 g/mol. The molecule has 0 unspecified atom stereocenters. The van der Waals surface area contributed by atoms with Gasteiger partial charge in [0.25, 0.3) is 0 Å². The van der Waals surface area contributed by atoms with Gasteiger partial charge >= 0.3 is 0 Å². The Kier molecular flexibility index (Phi) is 11.8. The van der Waals surface area contributed by atoms with Gasteiger partial charge < -0.3 is 9.90 Å². The number of hydrogen-bond acceptors (Lipinski definition) is 4. The molecule has 0 saturated carbocycles. The number of ketones is 2. The quantitative estimate of drug-likeness (QED) is 0.416. The highest BCUT2D eigenvalue weighted by atomic mass is 16.2. The van der Waals surface area contributed by atoms with Crippen molar-refractivity contribution in [1.82, 2.24) is 4.98 Å². The molecule has 1 N–H and O–H groups in total. The van der Waals surface area contributed by atoms with Crippen LogP contribution in [0, 0.1) is 13.8 Å². The smallest absolute Gasteiger partial charge is 0.160 e. The number of Topliss-reactive ketones (excluding diaryl/α,β-unsaturated/α-hetero) is 2. The van der Waals surface area contributed by atoms with Gasteiger partial charge in [-0.1, -0.05) is 67.1 Å². The number of nitrogens with zero attached hydrogens (tertiary/aromatic N) is 1. The molecule has 180 valence electrons. The first kappa shape index (κ1) is 28.7. The van der Waals surface area contributed by atoms with Crippen molar-refractivity contribution < 1.29 is 14.7 Å². The Morgan fingerprint density at radius 1 is 0.853 bits per heavy atom. The van der Waals surface area contributed by atoms with Gasteiger partial charge in [0.15, 0.2) is 5.78 Å². The molecule has 0 spiro atoms. The molecule has 4 heteroatoms. The fourth-order valence-corrected chi connectivity index (χ4v) is 3.69. The van der Waals surface area contributed by atoms with Gasteiger partial charge in [0.2, 0.25) is 0 Å². The minimum absolute atomic E-state index is 0.0972. The van der Waals surface area contributed by atoms with E-state index in [1.807, 2.05) is 26.0 Å². The number of benzene rings is 2. The lowest BCUT2D eigenvalue weighted by Gasteiger charge is -2.17. The molecule has 0 aliphatic carbocycles. The lowest BCUT2D eigenvalue weighted by atomic mass is 9.91. The zero-order chi connectivity index (χ0) is 25.8. The predicted molar refractivity (Wildman–Crippen MR) is 143 cm³/mol. The van der Waals surface area contributed by atoms with E-state index in [9.17, 15) is 9.59 Å². The van der Waals surface area contributed by atoms with Crippen LogP contribution in [0.1, 0.15) is 67.4 Å². The van der Waals surface area contributed by atoms with Crippen LogP contribution in [0.3, 0.4) is 0 Å². The second kappa shape index (κ2) is 14.0. The van der Waals surface area contributed by atoms with Gasteiger partial charge in [0, 0.05) is 18.2 Å². The van der Waals surface area contributed by atoms with Gasteiger partial charge in [0.1, 0.15) is 5.78 Å². The maximum atomic E-state index is 12.4. The van der Waals surface area contributed by atoms with Crippen molar-refractivity contribution in [2.24, 2.45) is 0 Å². The number of aliphatic hydroxyl groups is 1. The van der Waals surface area contributed by atoms with Crippen molar-refractivity contribution in [3.63, 3.8) is 0 Å². The second-order valence-corrected chi connectivity index (χ2v) is 8.09. The van der Waals surface area contributed by atoms with Crippen LogP contribution in [0.2, 0.25) is 0 Å². The Morgan fingerprint density at radius 3 is 1.71 bits per heavy atom. The fraction of sp³-hybridized carbons (Fsp3) is 0.300. The largest absolute Gasteiger partial charge is 0.400 e. The summed E-state index contributed by atoms with van der Waals surface area (Å²) in [5.74, 6) is 0.264. The zero-order valence-corrected chi connectivity index (χ0v) is 21.7. The monoisotopic (exact) mass is 459 g/mol. The van der Waals surface area contributed by atoms with E-state index >= 15 is 0 Å². The summed E-state index contributed by atoms with van der Waals surface area (Å²) in [5, 5.41) is 7.00. The van der Waals surface area contributed by atoms with E-state index in [0.717, 1.165) is 47.2 Å². The van der Waals surface area contributed by atoms with Crippen molar-refractivity contribution in [2.75, 3.05) is 7.11 Å². The summed E-state index contributed by atoms with van der Waals surface area (Å²) in [6.45, 7) is 12.8. The molecule has 0 atom stereocenters. The highest BCUT2D eigenvalue weighted by Crippen LogP contribution is 2.31. The number of hydrogen-bond donors (Lipinski definition) is 1. The molecule has 2 aromatic carbocycles. The summed E-state index contributed by atoms with van der Waals surface area (Å²) in [6.07, 6.45) is 4.72. The average Bonchev–Trinajstić information content (AvgIpc) is 2.81. The molecule has 0 bridgehead atoms. The van der Waals surface area contributed by atoms with Crippen LogP contribution in [-0.4, -0.2) is 28.8 Å². The van der Waals surface area contributed by atoms with Crippen LogP contribution in [0.4, 0.5) is 0 Å². The first-order valence-corrected chi connectivity index (χ1v) is 11.5. The van der Waals surface area contributed by atoms with Gasteiger partial charge in [-0.05, 0) is 76.3 Å². The number of rotatable bonds is 5. The molecule has 34 heavy (non-hydrogen) atoms. The minimum Gasteiger partial charge on any atom is -0.400 e. The van der Waals surface area contributed by atoms with Crippen molar-refractivity contribution in [2.45, 2.75) is 54.9 Å². The molecule has 1 heterocycles. The number of pyridine rings is 1. The van der Waals surface area contributed by atoms with Crippen molar-refractivity contribution >= 4 is 17.6 Å². The van der Waals surface area contributed by atoms with Crippen LogP contribution in [-0.2, 0) is 11.2 Å². The number of aryl methyl sites for hydroxylation is 1. The van der Waals surface area contributed by atoms with E-state index in [0.29, 0.717) is 0 Å². The van der Waals surface area contributed by atoms with Gasteiger partial charge in [-0.15, -0.1) is 0 Å². The predicted octanol–water partition coefficient (Wildman–Crippen LogP) is 7.03. The van der Waals surface area contributed by atoms with Crippen molar-refractivity contribution in [3.05, 3.63) is 82.6 Å². The van der Waals surface area contributed by atoms with Gasteiger partial charge in [-0.2, -0.15) is 0 Å². The fourth-order valence-electron chi connectivity index (χ4n) is 3.69. The standard InChI is InChI=1S/C26H27NO.C3H6O.CH4O/c1-6-8-24-18(4)25(19(5)28)23(7-2)26(27-24)22-15-13-21(14-16-22)20-11-9-17(3)10-12-20;1-3(2)4;1-2/h6,8-16H,7H2,1-5H3;1-2H3;2H,1H3/b8-6-;;. The van der Waals surface area contributed by atoms with E-state index in [1.165, 1.54) is 30.5 Å². The maximum absolute atomic E-state index is 12.4. The van der Waals surface area contributed by atoms with Gasteiger partial charge in [0.05, 0.1) is 11.4 Å². The third-order valence-corrected chi connectivity index (χ3v) is 5.15. The third-order valence-electron chi connectivity index (χ3n) is 5.15. The van der Waals surface area contributed by atoms with E-state index in [2.05, 4.69) is 62.4 Å². The summed E-state index contributed by atoms with van der Waals surface area (Å²) in [7, 11) is 1.00. The Morgan fingerprint density at radius 2 is 1.29 bits per heavy atom. The van der Waals surface area contributed by atoms with E-state index in [4.69, 9.17) is 10.1 Å². The van der Waals surface area contributed by atoms with Crippen LogP contribution < -0.4 is 0 Å².